The fourth-order valence-electron chi connectivity index (χ4n) is 1.80. The molecule has 0 heterocycles. The fourth-order valence-corrected chi connectivity index (χ4v) is 2.44. The molecule has 5 heteroatoms. The average molecular weight is 263 g/mol. The minimum absolute atomic E-state index is 0.520. The Morgan fingerprint density at radius 2 is 1.22 bits per heavy atom. The average Bonchev–Trinajstić information content (AvgIpc) is 2.37. The zero-order valence-corrected chi connectivity index (χ0v) is 10.5. The summed E-state index contributed by atoms with van der Waals surface area (Å²) in [5.41, 5.74) is 1.62. The second-order valence-electron chi connectivity index (χ2n) is 3.93. The smallest absolute Gasteiger partial charge is 0.313 e. The van der Waals surface area contributed by atoms with E-state index in [4.69, 9.17) is 9.79 Å². The van der Waals surface area contributed by atoms with Gasteiger partial charge in [-0.05, 0) is 11.1 Å². The van der Waals surface area contributed by atoms with Crippen LogP contribution in [0, 0.1) is 0 Å². The third kappa shape index (κ3) is 3.52. The lowest BCUT2D eigenvalue weighted by molar-refractivity contribution is 0.352. The predicted octanol–water partition coefficient (Wildman–Crippen LogP) is 2.46. The van der Waals surface area contributed by atoms with Crippen LogP contribution in [-0.2, 0) is 4.57 Å². The van der Waals surface area contributed by atoms with Gasteiger partial charge in [0, 0.05) is 0 Å². The van der Waals surface area contributed by atoms with Gasteiger partial charge in [0.2, 0.25) is 0 Å². The largest absolute Gasteiger partial charge is 0.401 e. The molecule has 0 aromatic heterocycles. The minimum atomic E-state index is -4.30. The maximum absolute atomic E-state index is 11.2. The van der Waals surface area contributed by atoms with Crippen molar-refractivity contribution in [2.24, 2.45) is 0 Å². The molecule has 0 saturated carbocycles. The van der Waals surface area contributed by atoms with Crippen molar-refractivity contribution in [3.63, 3.8) is 0 Å². The highest BCUT2D eigenvalue weighted by Crippen LogP contribution is 2.36. The summed E-state index contributed by atoms with van der Waals surface area (Å²) in [6.07, 6.45) is 0. The van der Waals surface area contributed by atoms with E-state index in [9.17, 15) is 4.57 Å². The van der Waals surface area contributed by atoms with E-state index in [0.717, 1.165) is 11.1 Å². The van der Waals surface area contributed by atoms with E-state index in [-0.39, 0.29) is 0 Å². The molecule has 0 radical (unpaired) electrons. The molecular weight excluding hydrogens is 249 g/mol. The van der Waals surface area contributed by atoms with Crippen molar-refractivity contribution in [1.82, 2.24) is 5.09 Å². The first-order chi connectivity index (χ1) is 8.56. The highest BCUT2D eigenvalue weighted by molar-refractivity contribution is 7.49. The van der Waals surface area contributed by atoms with Gasteiger partial charge < -0.3 is 9.79 Å². The van der Waals surface area contributed by atoms with Crippen molar-refractivity contribution < 1.29 is 14.4 Å². The van der Waals surface area contributed by atoms with Crippen LogP contribution in [0.4, 0.5) is 0 Å². The lowest BCUT2D eigenvalue weighted by Crippen LogP contribution is -2.19. The lowest BCUT2D eigenvalue weighted by atomic mass is 10.00. The Bertz CT molecular complexity index is 499. The van der Waals surface area contributed by atoms with E-state index in [1.54, 1.807) is 0 Å². The van der Waals surface area contributed by atoms with Gasteiger partial charge in [0.05, 0.1) is 6.04 Å². The minimum Gasteiger partial charge on any atom is -0.313 e. The van der Waals surface area contributed by atoms with E-state index in [1.807, 2.05) is 60.7 Å². The number of nitrogens with one attached hydrogen (secondary N) is 1. The summed E-state index contributed by atoms with van der Waals surface area (Å²) in [6, 6.07) is 17.9. The number of hydrogen-bond donors (Lipinski definition) is 3. The Morgan fingerprint density at radius 1 is 0.833 bits per heavy atom. The van der Waals surface area contributed by atoms with Crippen molar-refractivity contribution in [1.29, 1.82) is 0 Å². The van der Waals surface area contributed by atoms with Gasteiger partial charge in [0.15, 0.2) is 0 Å². The number of hydrogen-bond acceptors (Lipinski definition) is 1. The first-order valence-corrected chi connectivity index (χ1v) is 7.11. The quantitative estimate of drug-likeness (QED) is 0.741. The molecule has 2 rings (SSSR count). The van der Waals surface area contributed by atoms with E-state index in [1.165, 1.54) is 0 Å². The molecule has 4 nitrogen and oxygen atoms in total. The summed E-state index contributed by atoms with van der Waals surface area (Å²) in [5, 5.41) is 2.36. The summed E-state index contributed by atoms with van der Waals surface area (Å²) in [7, 11) is -4.30. The molecular formula is C13H14NO3P. The Labute approximate surface area is 106 Å². The Kier molecular flexibility index (Phi) is 3.94. The molecule has 0 amide bonds. The molecule has 0 saturated heterocycles. The Balaban J connectivity index is 2.39. The molecule has 2 aromatic carbocycles. The second-order valence-corrected chi connectivity index (χ2v) is 5.27. The molecule has 3 N–H and O–H groups in total. The van der Waals surface area contributed by atoms with Crippen molar-refractivity contribution in [3.05, 3.63) is 71.8 Å². The van der Waals surface area contributed by atoms with Crippen LogP contribution < -0.4 is 5.09 Å². The molecule has 0 aliphatic heterocycles. The summed E-state index contributed by atoms with van der Waals surface area (Å²) < 4.78 is 11.2. The number of benzene rings is 2. The van der Waals surface area contributed by atoms with Crippen molar-refractivity contribution in [2.75, 3.05) is 0 Å². The molecule has 2 aromatic rings. The zero-order valence-electron chi connectivity index (χ0n) is 9.60. The van der Waals surface area contributed by atoms with Gasteiger partial charge in [-0.3, -0.25) is 0 Å². The van der Waals surface area contributed by atoms with Crippen molar-refractivity contribution in [3.8, 4) is 0 Å². The van der Waals surface area contributed by atoms with E-state index in [2.05, 4.69) is 5.09 Å². The molecule has 0 aliphatic carbocycles. The van der Waals surface area contributed by atoms with E-state index < -0.39 is 13.8 Å². The third-order valence-corrected chi connectivity index (χ3v) is 3.16. The van der Waals surface area contributed by atoms with Crippen LogP contribution in [0.25, 0.3) is 0 Å². The van der Waals surface area contributed by atoms with E-state index in [0.29, 0.717) is 0 Å². The van der Waals surface area contributed by atoms with Crippen LogP contribution in [0.2, 0.25) is 0 Å². The summed E-state index contributed by atoms with van der Waals surface area (Å²) in [6.45, 7) is 0. The van der Waals surface area contributed by atoms with Gasteiger partial charge in [-0.15, -0.1) is 0 Å². The number of rotatable bonds is 4. The molecule has 94 valence electrons. The summed E-state index contributed by atoms with van der Waals surface area (Å²) in [4.78, 5) is 18.2. The Hall–Kier alpha value is -1.45. The zero-order chi connectivity index (χ0) is 13.0. The van der Waals surface area contributed by atoms with Gasteiger partial charge in [0.25, 0.3) is 0 Å². The maximum Gasteiger partial charge on any atom is 0.401 e. The normalized spacial score (nSPS) is 11.7. The predicted molar refractivity (Wildman–Crippen MR) is 69.9 cm³/mol. The summed E-state index contributed by atoms with van der Waals surface area (Å²) in [5.74, 6) is 0. The van der Waals surface area contributed by atoms with Crippen LogP contribution >= 0.6 is 7.75 Å². The highest BCUT2D eigenvalue weighted by Gasteiger charge is 2.22. The molecule has 0 bridgehead atoms. The molecule has 18 heavy (non-hydrogen) atoms. The van der Waals surface area contributed by atoms with Crippen LogP contribution in [0.15, 0.2) is 60.7 Å². The van der Waals surface area contributed by atoms with Crippen LogP contribution in [0.5, 0.6) is 0 Å². The maximum atomic E-state index is 11.2. The lowest BCUT2D eigenvalue weighted by Gasteiger charge is -2.20. The van der Waals surface area contributed by atoms with Gasteiger partial charge in [-0.2, -0.15) is 0 Å². The van der Waals surface area contributed by atoms with Crippen LogP contribution in [-0.4, -0.2) is 9.79 Å². The van der Waals surface area contributed by atoms with E-state index >= 15 is 0 Å². The first-order valence-electron chi connectivity index (χ1n) is 5.49. The molecule has 0 unspecified atom stereocenters. The van der Waals surface area contributed by atoms with Crippen molar-refractivity contribution in [2.45, 2.75) is 6.04 Å². The van der Waals surface area contributed by atoms with Gasteiger partial charge in [-0.1, -0.05) is 60.7 Å². The topological polar surface area (TPSA) is 69.6 Å². The van der Waals surface area contributed by atoms with Crippen LogP contribution in [0.1, 0.15) is 17.2 Å². The van der Waals surface area contributed by atoms with Crippen LogP contribution in [0.3, 0.4) is 0 Å². The third-order valence-electron chi connectivity index (χ3n) is 2.56. The SMILES string of the molecule is O=P(O)(O)NC(c1ccccc1)c1ccccc1. The van der Waals surface area contributed by atoms with Gasteiger partial charge in [-0.25, -0.2) is 9.65 Å². The Morgan fingerprint density at radius 3 is 1.56 bits per heavy atom. The second kappa shape index (κ2) is 5.46. The monoisotopic (exact) mass is 263 g/mol. The highest BCUT2D eigenvalue weighted by atomic mass is 31.2. The standard InChI is InChI=1S/C13H14NO3P/c15-18(16,17)14-13(11-7-3-1-4-8-11)12-9-5-2-6-10-12/h1-10,13H,(H3,14,15,16,17). The van der Waals surface area contributed by atoms with Gasteiger partial charge >= 0.3 is 7.75 Å². The first kappa shape index (κ1) is 13.0. The molecule has 0 aliphatic rings. The van der Waals surface area contributed by atoms with Crippen molar-refractivity contribution >= 4 is 7.75 Å². The van der Waals surface area contributed by atoms with Gasteiger partial charge in [0.1, 0.15) is 0 Å². The fraction of sp³-hybridized carbons (Fsp3) is 0.0769. The molecule has 0 spiro atoms. The summed E-state index contributed by atoms with van der Waals surface area (Å²) >= 11 is 0. The molecule has 0 atom stereocenters. The molecule has 0 fully saturated rings.